The highest BCUT2D eigenvalue weighted by Crippen LogP contribution is 2.22. The number of carbonyl (C=O) groups excluding carboxylic acids is 1. The molecule has 0 radical (unpaired) electrons. The molecule has 8 heteroatoms. The number of benzene rings is 1. The summed E-state index contributed by atoms with van der Waals surface area (Å²) < 4.78 is 12.9. The molecule has 2 amide bonds. The van der Waals surface area contributed by atoms with E-state index in [0.717, 1.165) is 5.01 Å². The number of carbonyl (C=O) groups is 1. The third kappa shape index (κ3) is 4.70. The predicted octanol–water partition coefficient (Wildman–Crippen LogP) is 3.00. The normalized spacial score (nSPS) is 12.3. The fourth-order valence-electron chi connectivity index (χ4n) is 1.84. The summed E-state index contributed by atoms with van der Waals surface area (Å²) in [6.45, 7) is 4.07. The molecule has 1 aromatic heterocycles. The third-order valence-electron chi connectivity index (χ3n) is 3.20. The summed E-state index contributed by atoms with van der Waals surface area (Å²) in [6.07, 6.45) is -0.896. The van der Waals surface area contributed by atoms with Crippen molar-refractivity contribution < 1.29 is 14.3 Å². The molecule has 2 N–H and O–H groups in total. The minimum atomic E-state index is -0.896. The zero-order valence-electron chi connectivity index (χ0n) is 13.2. The van der Waals surface area contributed by atoms with Gasteiger partial charge in [-0.05, 0) is 17.7 Å². The van der Waals surface area contributed by atoms with Crippen LogP contribution in [0, 0.1) is 5.82 Å². The molecular formula is C15H19FN4O2S. The maximum absolute atomic E-state index is 12.9. The second-order valence-corrected chi connectivity index (χ2v) is 6.49. The number of hydrogen-bond donors (Lipinski definition) is 2. The topological polar surface area (TPSA) is 78.4 Å². The number of amides is 2. The summed E-state index contributed by atoms with van der Waals surface area (Å²) in [6, 6.07) is 5.13. The highest BCUT2D eigenvalue weighted by molar-refractivity contribution is 7.15. The highest BCUT2D eigenvalue weighted by atomic mass is 32.1. The molecule has 0 fully saturated rings. The SMILES string of the molecule is CC(C)c1nnc(NC(=O)N(C)C[C@H](O)c2ccc(F)cc2)s1. The first-order valence-corrected chi connectivity index (χ1v) is 7.97. The molecule has 0 bridgehead atoms. The van der Waals surface area contributed by atoms with Gasteiger partial charge in [0.25, 0.3) is 0 Å². The number of nitrogens with one attached hydrogen (secondary N) is 1. The van der Waals surface area contributed by atoms with E-state index < -0.39 is 12.1 Å². The largest absolute Gasteiger partial charge is 0.387 e. The monoisotopic (exact) mass is 338 g/mol. The molecule has 0 aliphatic carbocycles. The van der Waals surface area contributed by atoms with Gasteiger partial charge in [0.1, 0.15) is 10.8 Å². The van der Waals surface area contributed by atoms with Crippen molar-refractivity contribution in [3.63, 3.8) is 0 Å². The van der Waals surface area contributed by atoms with Crippen LogP contribution in [0.15, 0.2) is 24.3 Å². The van der Waals surface area contributed by atoms with Gasteiger partial charge in [-0.1, -0.05) is 37.3 Å². The van der Waals surface area contributed by atoms with E-state index in [0.29, 0.717) is 10.7 Å². The number of hydrogen-bond acceptors (Lipinski definition) is 5. The summed E-state index contributed by atoms with van der Waals surface area (Å²) in [5.41, 5.74) is 0.545. The Bertz CT molecular complexity index is 660. The van der Waals surface area contributed by atoms with Gasteiger partial charge in [0.2, 0.25) is 5.13 Å². The first-order valence-electron chi connectivity index (χ1n) is 7.16. The molecule has 0 aliphatic heterocycles. The fourth-order valence-corrected chi connectivity index (χ4v) is 2.57. The van der Waals surface area contributed by atoms with Crippen LogP contribution in [0.3, 0.4) is 0 Å². The number of nitrogens with zero attached hydrogens (tertiary/aromatic N) is 3. The molecule has 1 aromatic carbocycles. The summed E-state index contributed by atoms with van der Waals surface area (Å²) in [4.78, 5) is 13.4. The maximum Gasteiger partial charge on any atom is 0.323 e. The Morgan fingerprint density at radius 3 is 2.57 bits per heavy atom. The number of likely N-dealkylation sites (N-methyl/N-ethyl adjacent to an activating group) is 1. The summed E-state index contributed by atoms with van der Waals surface area (Å²) in [5.74, 6) is -0.125. The molecule has 0 spiro atoms. The van der Waals surface area contributed by atoms with Crippen molar-refractivity contribution in [2.75, 3.05) is 18.9 Å². The van der Waals surface area contributed by atoms with E-state index in [1.165, 1.54) is 40.5 Å². The Morgan fingerprint density at radius 1 is 1.35 bits per heavy atom. The average Bonchev–Trinajstić information content (AvgIpc) is 2.96. The molecule has 124 valence electrons. The fraction of sp³-hybridized carbons (Fsp3) is 0.400. The number of rotatable bonds is 5. The van der Waals surface area contributed by atoms with E-state index >= 15 is 0 Å². The van der Waals surface area contributed by atoms with Crippen molar-refractivity contribution in [3.05, 3.63) is 40.7 Å². The van der Waals surface area contributed by atoms with Crippen LogP contribution in [0.4, 0.5) is 14.3 Å². The Kier molecular flexibility index (Phi) is 5.62. The second kappa shape index (κ2) is 7.47. The zero-order chi connectivity index (χ0) is 17.0. The van der Waals surface area contributed by atoms with Gasteiger partial charge in [-0.2, -0.15) is 0 Å². The molecule has 23 heavy (non-hydrogen) atoms. The molecule has 0 saturated carbocycles. The number of anilines is 1. The average molecular weight is 338 g/mol. The predicted molar refractivity (Wildman–Crippen MR) is 87.0 cm³/mol. The lowest BCUT2D eigenvalue weighted by Gasteiger charge is -2.20. The Hall–Kier alpha value is -2.06. The van der Waals surface area contributed by atoms with Gasteiger partial charge < -0.3 is 10.0 Å². The van der Waals surface area contributed by atoms with Gasteiger partial charge in [-0.25, -0.2) is 9.18 Å². The van der Waals surface area contributed by atoms with Crippen LogP contribution in [0.5, 0.6) is 0 Å². The summed E-state index contributed by atoms with van der Waals surface area (Å²) in [5, 5.41) is 21.9. The quantitative estimate of drug-likeness (QED) is 0.878. The van der Waals surface area contributed by atoms with Crippen molar-refractivity contribution in [2.24, 2.45) is 0 Å². The van der Waals surface area contributed by atoms with Crippen molar-refractivity contribution in [2.45, 2.75) is 25.9 Å². The van der Waals surface area contributed by atoms with Crippen molar-refractivity contribution in [1.82, 2.24) is 15.1 Å². The molecule has 2 rings (SSSR count). The molecule has 0 unspecified atom stereocenters. The van der Waals surface area contributed by atoms with Gasteiger partial charge in [0.15, 0.2) is 0 Å². The maximum atomic E-state index is 12.9. The van der Waals surface area contributed by atoms with E-state index in [-0.39, 0.29) is 18.3 Å². The second-order valence-electron chi connectivity index (χ2n) is 5.48. The van der Waals surface area contributed by atoms with Gasteiger partial charge in [0, 0.05) is 13.0 Å². The Labute approximate surface area is 138 Å². The van der Waals surface area contributed by atoms with Crippen molar-refractivity contribution in [1.29, 1.82) is 0 Å². The molecular weight excluding hydrogens is 319 g/mol. The van der Waals surface area contributed by atoms with Crippen molar-refractivity contribution in [3.8, 4) is 0 Å². The Morgan fingerprint density at radius 2 is 2.00 bits per heavy atom. The summed E-state index contributed by atoms with van der Waals surface area (Å²) in [7, 11) is 1.56. The zero-order valence-corrected chi connectivity index (χ0v) is 14.0. The van der Waals surface area contributed by atoms with E-state index in [9.17, 15) is 14.3 Å². The first kappa shape index (κ1) is 17.3. The van der Waals surface area contributed by atoms with Gasteiger partial charge in [-0.15, -0.1) is 10.2 Å². The Balaban J connectivity index is 1.92. The van der Waals surface area contributed by atoms with Crippen LogP contribution >= 0.6 is 11.3 Å². The lowest BCUT2D eigenvalue weighted by atomic mass is 10.1. The van der Waals surface area contributed by atoms with Gasteiger partial charge in [-0.3, -0.25) is 5.32 Å². The molecule has 0 saturated heterocycles. The minimum Gasteiger partial charge on any atom is -0.387 e. The van der Waals surface area contributed by atoms with Crippen LogP contribution in [0.2, 0.25) is 0 Å². The lowest BCUT2D eigenvalue weighted by Crippen LogP contribution is -2.34. The van der Waals surface area contributed by atoms with Crippen LogP contribution in [0.1, 0.15) is 36.4 Å². The molecule has 1 atom stereocenters. The molecule has 1 heterocycles. The number of aliphatic hydroxyl groups is 1. The number of urea groups is 1. The van der Waals surface area contributed by atoms with Crippen LogP contribution in [-0.2, 0) is 0 Å². The lowest BCUT2D eigenvalue weighted by molar-refractivity contribution is 0.136. The number of aliphatic hydroxyl groups excluding tert-OH is 1. The van der Waals surface area contributed by atoms with Crippen LogP contribution < -0.4 is 5.32 Å². The van der Waals surface area contributed by atoms with E-state index in [4.69, 9.17) is 0 Å². The first-order chi connectivity index (χ1) is 10.9. The standard InChI is InChI=1S/C15H19FN4O2S/c1-9(2)13-18-19-14(23-13)17-15(22)20(3)8-12(21)10-4-6-11(16)7-5-10/h4-7,9,12,21H,8H2,1-3H3,(H,17,19,22)/t12-/m0/s1. The van der Waals surface area contributed by atoms with Gasteiger partial charge in [0.05, 0.1) is 12.6 Å². The smallest absolute Gasteiger partial charge is 0.323 e. The van der Waals surface area contributed by atoms with Crippen LogP contribution in [-0.4, -0.2) is 39.8 Å². The minimum absolute atomic E-state index is 0.0767. The van der Waals surface area contributed by atoms with E-state index in [1.54, 1.807) is 7.05 Å². The summed E-state index contributed by atoms with van der Waals surface area (Å²) >= 11 is 1.32. The third-order valence-corrected chi connectivity index (χ3v) is 4.34. The van der Waals surface area contributed by atoms with Crippen molar-refractivity contribution >= 4 is 22.5 Å². The van der Waals surface area contributed by atoms with Crippen LogP contribution in [0.25, 0.3) is 0 Å². The number of aromatic nitrogens is 2. The highest BCUT2D eigenvalue weighted by Gasteiger charge is 2.17. The molecule has 0 aliphatic rings. The van der Waals surface area contributed by atoms with E-state index in [1.807, 2.05) is 13.8 Å². The molecule has 2 aromatic rings. The van der Waals surface area contributed by atoms with Gasteiger partial charge >= 0.3 is 6.03 Å². The molecule has 6 nitrogen and oxygen atoms in total. The number of halogens is 1. The van der Waals surface area contributed by atoms with E-state index in [2.05, 4.69) is 15.5 Å².